The van der Waals surface area contributed by atoms with Crippen LogP contribution in [-0.4, -0.2) is 39.7 Å². The SMILES string of the molecule is COc1cc(/C=C/C(=O)OCC(=O)c2cccc(Cl)c2)cc(OC)c1OC. The van der Waals surface area contributed by atoms with Crippen LogP contribution in [0.2, 0.25) is 5.02 Å². The van der Waals surface area contributed by atoms with Gasteiger partial charge in [-0.25, -0.2) is 4.79 Å². The van der Waals surface area contributed by atoms with E-state index < -0.39 is 5.97 Å². The molecule has 7 heteroatoms. The zero-order valence-electron chi connectivity index (χ0n) is 15.2. The number of hydrogen-bond acceptors (Lipinski definition) is 6. The predicted octanol–water partition coefficient (Wildman–Crippen LogP) is 3.81. The molecule has 6 nitrogen and oxygen atoms in total. The van der Waals surface area contributed by atoms with Crippen LogP contribution in [0.15, 0.2) is 42.5 Å². The number of benzene rings is 2. The quantitative estimate of drug-likeness (QED) is 0.388. The fourth-order valence-corrected chi connectivity index (χ4v) is 2.48. The maximum absolute atomic E-state index is 12.0. The molecule has 2 aromatic rings. The Bertz CT molecular complexity index is 834. The molecule has 27 heavy (non-hydrogen) atoms. The number of hydrogen-bond donors (Lipinski definition) is 0. The van der Waals surface area contributed by atoms with E-state index in [2.05, 4.69) is 0 Å². The van der Waals surface area contributed by atoms with Crippen LogP contribution >= 0.6 is 11.6 Å². The van der Waals surface area contributed by atoms with Gasteiger partial charge in [0.05, 0.1) is 21.3 Å². The van der Waals surface area contributed by atoms with Gasteiger partial charge in [0.1, 0.15) is 0 Å². The molecule has 0 aliphatic heterocycles. The molecule has 0 aromatic heterocycles. The number of carbonyl (C=O) groups is 2. The Morgan fingerprint density at radius 1 is 1.00 bits per heavy atom. The van der Waals surface area contributed by atoms with Gasteiger partial charge in [-0.1, -0.05) is 23.7 Å². The van der Waals surface area contributed by atoms with E-state index in [9.17, 15) is 9.59 Å². The van der Waals surface area contributed by atoms with Crippen molar-refractivity contribution in [3.8, 4) is 17.2 Å². The number of carbonyl (C=O) groups excluding carboxylic acids is 2. The average molecular weight is 391 g/mol. The fraction of sp³-hybridized carbons (Fsp3) is 0.200. The minimum atomic E-state index is -0.654. The first-order chi connectivity index (χ1) is 13.0. The third-order valence-corrected chi connectivity index (χ3v) is 3.83. The fourth-order valence-electron chi connectivity index (χ4n) is 2.29. The molecule has 0 N–H and O–H groups in total. The van der Waals surface area contributed by atoms with Crippen LogP contribution in [0.5, 0.6) is 17.2 Å². The zero-order valence-corrected chi connectivity index (χ0v) is 15.9. The first-order valence-corrected chi connectivity index (χ1v) is 8.30. The second-order valence-electron chi connectivity index (χ2n) is 5.33. The number of ether oxygens (including phenoxy) is 4. The van der Waals surface area contributed by atoms with E-state index >= 15 is 0 Å². The maximum atomic E-state index is 12.0. The van der Waals surface area contributed by atoms with Gasteiger partial charge in [-0.3, -0.25) is 4.79 Å². The maximum Gasteiger partial charge on any atom is 0.331 e. The highest BCUT2D eigenvalue weighted by atomic mass is 35.5. The number of Topliss-reactive ketones (excluding diaryl/α,β-unsaturated/α-hetero) is 1. The summed E-state index contributed by atoms with van der Waals surface area (Å²) in [5.74, 6) is 0.375. The van der Waals surface area contributed by atoms with Crippen LogP contribution < -0.4 is 14.2 Å². The van der Waals surface area contributed by atoms with Gasteiger partial charge in [-0.15, -0.1) is 0 Å². The van der Waals surface area contributed by atoms with Crippen LogP contribution in [0.25, 0.3) is 6.08 Å². The molecule has 0 saturated heterocycles. The molecule has 0 bridgehead atoms. The van der Waals surface area contributed by atoms with Crippen molar-refractivity contribution in [1.29, 1.82) is 0 Å². The normalized spacial score (nSPS) is 10.5. The van der Waals surface area contributed by atoms with Gasteiger partial charge in [0.15, 0.2) is 23.9 Å². The van der Waals surface area contributed by atoms with Gasteiger partial charge in [0, 0.05) is 16.7 Å². The molecule has 0 heterocycles. The summed E-state index contributed by atoms with van der Waals surface area (Å²) < 4.78 is 20.7. The lowest BCUT2D eigenvalue weighted by Crippen LogP contribution is -2.12. The van der Waals surface area contributed by atoms with Crippen molar-refractivity contribution in [2.24, 2.45) is 0 Å². The van der Waals surface area contributed by atoms with E-state index in [1.54, 1.807) is 30.3 Å². The summed E-state index contributed by atoms with van der Waals surface area (Å²) in [5.41, 5.74) is 1.02. The summed E-state index contributed by atoms with van der Waals surface area (Å²) in [6.45, 7) is -0.376. The number of ketones is 1. The van der Waals surface area contributed by atoms with E-state index in [0.29, 0.717) is 33.4 Å². The minimum Gasteiger partial charge on any atom is -0.493 e. The van der Waals surface area contributed by atoms with Crippen molar-refractivity contribution in [2.75, 3.05) is 27.9 Å². The number of esters is 1. The van der Waals surface area contributed by atoms with Gasteiger partial charge < -0.3 is 18.9 Å². The Morgan fingerprint density at radius 2 is 1.67 bits per heavy atom. The summed E-state index contributed by atoms with van der Waals surface area (Å²) in [6, 6.07) is 9.80. The van der Waals surface area contributed by atoms with Crippen molar-refractivity contribution in [2.45, 2.75) is 0 Å². The van der Waals surface area contributed by atoms with Gasteiger partial charge in [0.25, 0.3) is 0 Å². The van der Waals surface area contributed by atoms with Crippen LogP contribution in [0.3, 0.4) is 0 Å². The molecular formula is C20H19ClO6. The molecule has 0 aliphatic rings. The highest BCUT2D eigenvalue weighted by molar-refractivity contribution is 6.31. The molecule has 0 unspecified atom stereocenters. The first-order valence-electron chi connectivity index (χ1n) is 7.92. The molecule has 0 amide bonds. The highest BCUT2D eigenvalue weighted by Gasteiger charge is 2.13. The molecular weight excluding hydrogens is 372 g/mol. The molecule has 0 atom stereocenters. The summed E-state index contributed by atoms with van der Waals surface area (Å²) in [7, 11) is 4.51. The molecule has 0 saturated carbocycles. The Kier molecular flexibility index (Phi) is 7.25. The number of rotatable bonds is 8. The van der Waals surface area contributed by atoms with Gasteiger partial charge in [0.2, 0.25) is 5.75 Å². The molecule has 0 spiro atoms. The van der Waals surface area contributed by atoms with E-state index in [0.717, 1.165) is 0 Å². The predicted molar refractivity (Wildman–Crippen MR) is 102 cm³/mol. The molecule has 0 radical (unpaired) electrons. The van der Waals surface area contributed by atoms with Gasteiger partial charge >= 0.3 is 5.97 Å². The van der Waals surface area contributed by atoms with Crippen LogP contribution in [0.1, 0.15) is 15.9 Å². The summed E-state index contributed by atoms with van der Waals surface area (Å²) in [4.78, 5) is 23.9. The van der Waals surface area contributed by atoms with Gasteiger partial charge in [-0.2, -0.15) is 0 Å². The molecule has 0 aliphatic carbocycles. The van der Waals surface area contributed by atoms with Crippen LogP contribution in [0.4, 0.5) is 0 Å². The van der Waals surface area contributed by atoms with Crippen LogP contribution in [-0.2, 0) is 9.53 Å². The zero-order chi connectivity index (χ0) is 19.8. The number of methoxy groups -OCH3 is 3. The monoisotopic (exact) mass is 390 g/mol. The minimum absolute atomic E-state index is 0.341. The molecule has 2 rings (SSSR count). The molecule has 0 fully saturated rings. The lowest BCUT2D eigenvalue weighted by Gasteiger charge is -2.12. The van der Waals surface area contributed by atoms with Crippen LogP contribution in [0, 0.1) is 0 Å². The van der Waals surface area contributed by atoms with Gasteiger partial charge in [-0.05, 0) is 35.9 Å². The lowest BCUT2D eigenvalue weighted by molar-refractivity contribution is -0.136. The van der Waals surface area contributed by atoms with E-state index in [1.807, 2.05) is 0 Å². The van der Waals surface area contributed by atoms with E-state index in [1.165, 1.54) is 39.5 Å². The van der Waals surface area contributed by atoms with E-state index in [-0.39, 0.29) is 12.4 Å². The molecule has 2 aromatic carbocycles. The topological polar surface area (TPSA) is 71.1 Å². The second-order valence-corrected chi connectivity index (χ2v) is 5.77. The highest BCUT2D eigenvalue weighted by Crippen LogP contribution is 2.38. The Hall–Kier alpha value is -2.99. The smallest absolute Gasteiger partial charge is 0.331 e. The van der Waals surface area contributed by atoms with Crippen molar-refractivity contribution in [3.63, 3.8) is 0 Å². The largest absolute Gasteiger partial charge is 0.493 e. The number of halogens is 1. The first kappa shape index (κ1) is 20.3. The molecule has 142 valence electrons. The Balaban J connectivity index is 2.03. The third kappa shape index (κ3) is 5.49. The second kappa shape index (κ2) is 9.64. The summed E-state index contributed by atoms with van der Waals surface area (Å²) in [6.07, 6.45) is 2.74. The Labute approximate surface area is 162 Å². The van der Waals surface area contributed by atoms with Crippen molar-refractivity contribution in [1.82, 2.24) is 0 Å². The van der Waals surface area contributed by atoms with Crippen molar-refractivity contribution in [3.05, 3.63) is 58.6 Å². The summed E-state index contributed by atoms with van der Waals surface area (Å²) in [5, 5.41) is 0.439. The van der Waals surface area contributed by atoms with E-state index in [4.69, 9.17) is 30.5 Å². The standard InChI is InChI=1S/C20H19ClO6/c1-24-17-9-13(10-18(25-2)20(17)26-3)7-8-19(23)27-12-16(22)14-5-4-6-15(21)11-14/h4-11H,12H2,1-3H3/b8-7+. The average Bonchev–Trinajstić information content (AvgIpc) is 2.69. The third-order valence-electron chi connectivity index (χ3n) is 3.59. The van der Waals surface area contributed by atoms with Crippen molar-refractivity contribution >= 4 is 29.4 Å². The lowest BCUT2D eigenvalue weighted by atomic mass is 10.1. The van der Waals surface area contributed by atoms with Crippen molar-refractivity contribution < 1.29 is 28.5 Å². The Morgan fingerprint density at radius 3 is 2.22 bits per heavy atom. The summed E-state index contributed by atoms with van der Waals surface area (Å²) >= 11 is 5.84.